The molecule has 1 atom stereocenters. The number of carboxylic acid groups (broad SMARTS) is 1. The van der Waals surface area contributed by atoms with Crippen molar-refractivity contribution in [3.05, 3.63) is 29.8 Å². The van der Waals surface area contributed by atoms with Gasteiger partial charge in [-0.05, 0) is 37.1 Å². The number of thioether (sulfide) groups is 1. The minimum Gasteiger partial charge on any atom is -0.480 e. The van der Waals surface area contributed by atoms with Crippen LogP contribution in [0.1, 0.15) is 38.7 Å². The van der Waals surface area contributed by atoms with E-state index in [0.29, 0.717) is 6.42 Å². The normalized spacial score (nSPS) is 12.3. The van der Waals surface area contributed by atoms with Gasteiger partial charge in [-0.2, -0.15) is 0 Å². The number of rotatable bonds is 9. The highest BCUT2D eigenvalue weighted by Gasteiger charge is 2.17. The molecular formula is C15H23NO2S. The Morgan fingerprint density at radius 3 is 2.79 bits per heavy atom. The van der Waals surface area contributed by atoms with Gasteiger partial charge < -0.3 is 10.4 Å². The van der Waals surface area contributed by atoms with Crippen molar-refractivity contribution in [3.63, 3.8) is 0 Å². The van der Waals surface area contributed by atoms with Gasteiger partial charge in [-0.25, -0.2) is 0 Å². The summed E-state index contributed by atoms with van der Waals surface area (Å²) < 4.78 is 0. The fourth-order valence-electron chi connectivity index (χ4n) is 1.80. The van der Waals surface area contributed by atoms with E-state index in [1.54, 1.807) is 0 Å². The zero-order valence-corrected chi connectivity index (χ0v) is 12.5. The number of aliphatic carboxylic acids is 1. The molecule has 106 valence electrons. The SMILES string of the molecule is CCCNCc1cccc(SC(CCC)C(=O)O)c1. The van der Waals surface area contributed by atoms with Crippen molar-refractivity contribution < 1.29 is 9.90 Å². The van der Waals surface area contributed by atoms with Crippen LogP contribution in [0.25, 0.3) is 0 Å². The standard InChI is InChI=1S/C15H23NO2S/c1-3-6-14(15(17)18)19-13-8-5-7-12(10-13)11-16-9-4-2/h5,7-8,10,14,16H,3-4,6,9,11H2,1-2H3,(H,17,18). The highest BCUT2D eigenvalue weighted by molar-refractivity contribution is 8.00. The molecule has 0 heterocycles. The predicted octanol–water partition coefficient (Wildman–Crippen LogP) is 3.53. The van der Waals surface area contributed by atoms with Gasteiger partial charge >= 0.3 is 5.97 Å². The van der Waals surface area contributed by atoms with Crippen molar-refractivity contribution in [3.8, 4) is 0 Å². The summed E-state index contributed by atoms with van der Waals surface area (Å²) in [6, 6.07) is 8.14. The molecule has 2 N–H and O–H groups in total. The molecule has 0 bridgehead atoms. The van der Waals surface area contributed by atoms with E-state index in [9.17, 15) is 9.90 Å². The Kier molecular flexibility index (Phi) is 7.60. The maximum absolute atomic E-state index is 11.2. The molecule has 0 radical (unpaired) electrons. The molecule has 4 heteroatoms. The van der Waals surface area contributed by atoms with Crippen LogP contribution in [0.2, 0.25) is 0 Å². The van der Waals surface area contributed by atoms with Crippen molar-refractivity contribution in [2.24, 2.45) is 0 Å². The molecule has 1 unspecified atom stereocenters. The van der Waals surface area contributed by atoms with Crippen LogP contribution in [0.4, 0.5) is 0 Å². The summed E-state index contributed by atoms with van der Waals surface area (Å²) >= 11 is 1.45. The van der Waals surface area contributed by atoms with E-state index >= 15 is 0 Å². The van der Waals surface area contributed by atoms with Crippen molar-refractivity contribution >= 4 is 17.7 Å². The number of hydrogen-bond donors (Lipinski definition) is 2. The fraction of sp³-hybridized carbons (Fsp3) is 0.533. The van der Waals surface area contributed by atoms with Gasteiger partial charge in [0, 0.05) is 11.4 Å². The van der Waals surface area contributed by atoms with E-state index in [4.69, 9.17) is 0 Å². The summed E-state index contributed by atoms with van der Waals surface area (Å²) in [6.45, 7) is 6.00. The van der Waals surface area contributed by atoms with Gasteiger partial charge in [0.25, 0.3) is 0 Å². The molecule has 0 saturated carbocycles. The van der Waals surface area contributed by atoms with Crippen molar-refractivity contribution in [2.45, 2.75) is 49.8 Å². The lowest BCUT2D eigenvalue weighted by molar-refractivity contribution is -0.136. The van der Waals surface area contributed by atoms with Gasteiger partial charge in [-0.15, -0.1) is 11.8 Å². The lowest BCUT2D eigenvalue weighted by Crippen LogP contribution is -2.16. The second kappa shape index (κ2) is 8.99. The number of hydrogen-bond acceptors (Lipinski definition) is 3. The van der Waals surface area contributed by atoms with Crippen LogP contribution in [0.15, 0.2) is 29.2 Å². The molecule has 0 aliphatic carbocycles. The first-order valence-corrected chi connectivity index (χ1v) is 7.74. The summed E-state index contributed by atoms with van der Waals surface area (Å²) in [5.74, 6) is -0.721. The number of carbonyl (C=O) groups is 1. The van der Waals surface area contributed by atoms with Crippen molar-refractivity contribution in [1.29, 1.82) is 0 Å². The van der Waals surface area contributed by atoms with Gasteiger partial charge in [-0.1, -0.05) is 32.4 Å². The molecule has 0 aliphatic heterocycles. The summed E-state index contributed by atoms with van der Waals surface area (Å²) in [4.78, 5) is 12.2. The smallest absolute Gasteiger partial charge is 0.316 e. The number of carboxylic acids is 1. The molecule has 19 heavy (non-hydrogen) atoms. The largest absolute Gasteiger partial charge is 0.480 e. The van der Waals surface area contributed by atoms with Gasteiger partial charge in [0.15, 0.2) is 0 Å². The van der Waals surface area contributed by atoms with E-state index in [0.717, 1.165) is 30.8 Å². The third kappa shape index (κ3) is 6.12. The summed E-state index contributed by atoms with van der Waals surface area (Å²) in [5.41, 5.74) is 1.21. The second-order valence-electron chi connectivity index (χ2n) is 4.56. The average molecular weight is 281 g/mol. The maximum atomic E-state index is 11.2. The highest BCUT2D eigenvalue weighted by Crippen LogP contribution is 2.27. The first-order chi connectivity index (χ1) is 9.17. The van der Waals surface area contributed by atoms with E-state index in [1.807, 2.05) is 19.1 Å². The molecular weight excluding hydrogens is 258 g/mol. The monoisotopic (exact) mass is 281 g/mol. The number of benzene rings is 1. The predicted molar refractivity (Wildman–Crippen MR) is 80.6 cm³/mol. The van der Waals surface area contributed by atoms with Crippen LogP contribution in [-0.4, -0.2) is 22.9 Å². The van der Waals surface area contributed by atoms with Gasteiger partial charge in [0.1, 0.15) is 5.25 Å². The Morgan fingerprint density at radius 1 is 1.37 bits per heavy atom. The van der Waals surface area contributed by atoms with E-state index in [-0.39, 0.29) is 5.25 Å². The first-order valence-electron chi connectivity index (χ1n) is 6.86. The molecule has 1 rings (SSSR count). The Morgan fingerprint density at radius 2 is 2.16 bits per heavy atom. The fourth-order valence-corrected chi connectivity index (χ4v) is 2.96. The van der Waals surface area contributed by atoms with Crippen LogP contribution in [-0.2, 0) is 11.3 Å². The average Bonchev–Trinajstić information content (AvgIpc) is 2.39. The zero-order chi connectivity index (χ0) is 14.1. The van der Waals surface area contributed by atoms with Crippen molar-refractivity contribution in [2.75, 3.05) is 6.54 Å². The van der Waals surface area contributed by atoms with Gasteiger partial charge in [0.05, 0.1) is 0 Å². The molecule has 1 aromatic carbocycles. The van der Waals surface area contributed by atoms with Crippen LogP contribution in [0.3, 0.4) is 0 Å². The molecule has 0 saturated heterocycles. The summed E-state index contributed by atoms with van der Waals surface area (Å²) in [5, 5.41) is 12.2. The Labute approximate surface area is 119 Å². The van der Waals surface area contributed by atoms with Gasteiger partial charge in [-0.3, -0.25) is 4.79 Å². The molecule has 0 spiro atoms. The maximum Gasteiger partial charge on any atom is 0.316 e. The van der Waals surface area contributed by atoms with E-state index in [2.05, 4.69) is 24.4 Å². The third-order valence-corrected chi connectivity index (χ3v) is 4.01. The zero-order valence-electron chi connectivity index (χ0n) is 11.7. The molecule has 0 aromatic heterocycles. The minimum absolute atomic E-state index is 0.344. The Balaban J connectivity index is 2.61. The minimum atomic E-state index is -0.721. The highest BCUT2D eigenvalue weighted by atomic mass is 32.2. The van der Waals surface area contributed by atoms with Crippen LogP contribution in [0.5, 0.6) is 0 Å². The van der Waals surface area contributed by atoms with E-state index < -0.39 is 5.97 Å². The van der Waals surface area contributed by atoms with Crippen LogP contribution in [0, 0.1) is 0 Å². The summed E-state index contributed by atoms with van der Waals surface area (Å²) in [7, 11) is 0. The second-order valence-corrected chi connectivity index (χ2v) is 5.83. The Hall–Kier alpha value is -1.00. The molecule has 1 aromatic rings. The van der Waals surface area contributed by atoms with Crippen LogP contribution >= 0.6 is 11.8 Å². The topological polar surface area (TPSA) is 49.3 Å². The van der Waals surface area contributed by atoms with Crippen LogP contribution < -0.4 is 5.32 Å². The lowest BCUT2D eigenvalue weighted by Gasteiger charge is -2.12. The Bertz CT molecular complexity index is 395. The van der Waals surface area contributed by atoms with Gasteiger partial charge in [0.2, 0.25) is 0 Å². The lowest BCUT2D eigenvalue weighted by atomic mass is 10.2. The first kappa shape index (κ1) is 16.1. The molecule has 0 fully saturated rings. The van der Waals surface area contributed by atoms with E-state index in [1.165, 1.54) is 17.3 Å². The third-order valence-electron chi connectivity index (χ3n) is 2.76. The molecule has 0 amide bonds. The quantitative estimate of drug-likeness (QED) is 0.537. The summed E-state index contributed by atoms with van der Waals surface area (Å²) in [6.07, 6.45) is 2.71. The van der Waals surface area contributed by atoms with Crippen molar-refractivity contribution in [1.82, 2.24) is 5.32 Å². The molecule has 3 nitrogen and oxygen atoms in total. The molecule has 0 aliphatic rings. The number of nitrogens with one attached hydrogen (secondary N) is 1.